The minimum absolute atomic E-state index is 0.0231. The third-order valence-corrected chi connectivity index (χ3v) is 7.26. The number of hydrogen-bond acceptors (Lipinski definition) is 3. The fourth-order valence-corrected chi connectivity index (χ4v) is 5.31. The average molecular weight is 434 g/mol. The third-order valence-electron chi connectivity index (χ3n) is 7.26. The lowest BCUT2D eigenvalue weighted by Gasteiger charge is -2.36. The molecule has 6 heteroatoms. The van der Waals surface area contributed by atoms with Gasteiger partial charge in [-0.25, -0.2) is 4.39 Å². The summed E-state index contributed by atoms with van der Waals surface area (Å²) >= 11 is 0. The van der Waals surface area contributed by atoms with E-state index < -0.39 is 0 Å². The number of benzene rings is 2. The van der Waals surface area contributed by atoms with Gasteiger partial charge in [0.1, 0.15) is 18.2 Å². The number of aromatic nitrogens is 1. The molecule has 3 aromatic rings. The number of carbonyl (C=O) groups excluding carboxylic acids is 1. The molecule has 5 nitrogen and oxygen atoms in total. The van der Waals surface area contributed by atoms with E-state index in [0.29, 0.717) is 19.2 Å². The maximum absolute atomic E-state index is 13.7. The Morgan fingerprint density at radius 1 is 1.16 bits per heavy atom. The lowest BCUT2D eigenvalue weighted by molar-refractivity contribution is 0.0965. The van der Waals surface area contributed by atoms with Crippen molar-refractivity contribution >= 4 is 16.8 Å². The Labute approximate surface area is 186 Å². The predicted octanol–water partition coefficient (Wildman–Crippen LogP) is 4.20. The minimum Gasteiger partial charge on any atom is -0.492 e. The molecule has 3 heterocycles. The number of ether oxygens (including phenoxy) is 1. The van der Waals surface area contributed by atoms with Crippen LogP contribution in [0.25, 0.3) is 10.9 Å². The Morgan fingerprint density at radius 2 is 2.06 bits per heavy atom. The van der Waals surface area contributed by atoms with Crippen LogP contribution >= 0.6 is 0 Å². The normalized spacial score (nSPS) is 19.7. The highest BCUT2D eigenvalue weighted by Gasteiger charge is 2.33. The smallest absolute Gasteiger partial charge is 0.251 e. The second kappa shape index (κ2) is 7.93. The topological polar surface area (TPSA) is 57.4 Å². The first-order valence-corrected chi connectivity index (χ1v) is 11.7. The first-order chi connectivity index (χ1) is 15.7. The summed E-state index contributed by atoms with van der Waals surface area (Å²) in [4.78, 5) is 18.0. The van der Waals surface area contributed by atoms with Crippen molar-refractivity contribution in [3.8, 4) is 5.75 Å². The van der Waals surface area contributed by atoms with Crippen LogP contribution in [0.5, 0.6) is 5.75 Å². The molecule has 2 N–H and O–H groups in total. The standard InChI is InChI=1S/C26H28FN3O2/c27-18-5-7-24-21(10-18)17(12-28-24)2-1-9-30(14-16-3-4-16)19-11-22-23-13-29-26(31)20(23)6-8-25(22)32-15-19/h5-8,10,12,16,19,28H,1-4,9,11,13-15H2,(H,29,31)/t19-/m1/s1. The lowest BCUT2D eigenvalue weighted by atomic mass is 9.93. The zero-order chi connectivity index (χ0) is 21.7. The summed E-state index contributed by atoms with van der Waals surface area (Å²) in [5.41, 5.74) is 5.28. The molecular formula is C26H28FN3O2. The molecule has 1 fully saturated rings. The highest BCUT2D eigenvalue weighted by Crippen LogP contribution is 2.36. The van der Waals surface area contributed by atoms with Gasteiger partial charge in [-0.1, -0.05) is 0 Å². The molecular weight excluding hydrogens is 405 g/mol. The van der Waals surface area contributed by atoms with Gasteiger partial charge in [0.2, 0.25) is 0 Å². The SMILES string of the molecule is O=C1NCc2c1ccc1c2C[C@@H](N(CCCc2c[nH]c3ccc(F)cc23)CC2CC2)CO1. The van der Waals surface area contributed by atoms with E-state index in [-0.39, 0.29) is 11.7 Å². The summed E-state index contributed by atoms with van der Waals surface area (Å²) in [7, 11) is 0. The number of fused-ring (bicyclic) bond motifs is 4. The van der Waals surface area contributed by atoms with E-state index in [2.05, 4.69) is 15.2 Å². The quantitative estimate of drug-likeness (QED) is 0.587. The second-order valence-corrected chi connectivity index (χ2v) is 9.47. The third kappa shape index (κ3) is 3.66. The molecule has 0 unspecified atom stereocenters. The largest absolute Gasteiger partial charge is 0.492 e. The molecule has 166 valence electrons. The highest BCUT2D eigenvalue weighted by molar-refractivity contribution is 5.99. The molecule has 6 rings (SSSR count). The predicted molar refractivity (Wildman–Crippen MR) is 121 cm³/mol. The Bertz CT molecular complexity index is 1180. The van der Waals surface area contributed by atoms with Crippen molar-refractivity contribution < 1.29 is 13.9 Å². The maximum Gasteiger partial charge on any atom is 0.251 e. The Hall–Kier alpha value is -2.86. The molecule has 2 aliphatic heterocycles. The van der Waals surface area contributed by atoms with Crippen molar-refractivity contribution in [2.45, 2.75) is 44.7 Å². The maximum atomic E-state index is 13.7. The van der Waals surface area contributed by atoms with Crippen LogP contribution in [-0.2, 0) is 19.4 Å². The zero-order valence-corrected chi connectivity index (χ0v) is 18.1. The number of carbonyl (C=O) groups is 1. The van der Waals surface area contributed by atoms with E-state index in [4.69, 9.17) is 4.74 Å². The molecule has 1 atom stereocenters. The monoisotopic (exact) mass is 433 g/mol. The van der Waals surface area contributed by atoms with Crippen LogP contribution in [0.1, 0.15) is 46.3 Å². The van der Waals surface area contributed by atoms with E-state index in [0.717, 1.165) is 66.0 Å². The molecule has 1 aliphatic carbocycles. The van der Waals surface area contributed by atoms with Crippen LogP contribution < -0.4 is 10.1 Å². The summed E-state index contributed by atoms with van der Waals surface area (Å²) in [6, 6.07) is 9.11. The summed E-state index contributed by atoms with van der Waals surface area (Å²) < 4.78 is 19.9. The van der Waals surface area contributed by atoms with Gasteiger partial charge in [0.15, 0.2) is 0 Å². The van der Waals surface area contributed by atoms with Crippen LogP contribution in [-0.4, -0.2) is 41.5 Å². The van der Waals surface area contributed by atoms with Gasteiger partial charge in [-0.15, -0.1) is 0 Å². The molecule has 1 aromatic heterocycles. The van der Waals surface area contributed by atoms with Crippen molar-refractivity contribution in [1.29, 1.82) is 0 Å². The number of aromatic amines is 1. The van der Waals surface area contributed by atoms with E-state index >= 15 is 0 Å². The number of rotatable bonds is 7. The number of H-pyrrole nitrogens is 1. The van der Waals surface area contributed by atoms with Gasteiger partial charge in [0.25, 0.3) is 5.91 Å². The fraction of sp³-hybridized carbons (Fsp3) is 0.423. The van der Waals surface area contributed by atoms with E-state index in [1.807, 2.05) is 24.4 Å². The molecule has 0 saturated heterocycles. The van der Waals surface area contributed by atoms with E-state index in [1.165, 1.54) is 30.0 Å². The zero-order valence-electron chi connectivity index (χ0n) is 18.1. The number of hydrogen-bond donors (Lipinski definition) is 2. The van der Waals surface area contributed by atoms with E-state index in [1.54, 1.807) is 6.07 Å². The molecule has 3 aliphatic rings. The second-order valence-electron chi connectivity index (χ2n) is 9.47. The van der Waals surface area contributed by atoms with Gasteiger partial charge in [-0.05, 0) is 86.0 Å². The summed E-state index contributed by atoms with van der Waals surface area (Å²) in [6.45, 7) is 3.40. The van der Waals surface area contributed by atoms with Crippen molar-refractivity contribution in [3.05, 3.63) is 64.6 Å². The van der Waals surface area contributed by atoms with Crippen molar-refractivity contribution in [1.82, 2.24) is 15.2 Å². The molecule has 0 bridgehead atoms. The first kappa shape index (κ1) is 19.8. The molecule has 0 spiro atoms. The van der Waals surface area contributed by atoms with Gasteiger partial charge in [0.05, 0.1) is 0 Å². The number of halogens is 1. The van der Waals surface area contributed by atoms with Crippen LogP contribution in [0.3, 0.4) is 0 Å². The average Bonchev–Trinajstić information content (AvgIpc) is 3.42. The summed E-state index contributed by atoms with van der Waals surface area (Å²) in [5, 5.41) is 3.94. The summed E-state index contributed by atoms with van der Waals surface area (Å²) in [6.07, 6.45) is 7.52. The minimum atomic E-state index is -0.188. The number of nitrogens with zero attached hydrogens (tertiary/aromatic N) is 1. The van der Waals surface area contributed by atoms with Crippen LogP contribution in [0.2, 0.25) is 0 Å². The van der Waals surface area contributed by atoms with Gasteiger partial charge in [0, 0.05) is 47.4 Å². The molecule has 2 aromatic carbocycles. The lowest BCUT2D eigenvalue weighted by Crippen LogP contribution is -2.45. The van der Waals surface area contributed by atoms with Gasteiger partial charge in [-0.3, -0.25) is 9.69 Å². The van der Waals surface area contributed by atoms with Gasteiger partial charge in [-0.2, -0.15) is 0 Å². The Kier molecular flexibility index (Phi) is 4.90. The first-order valence-electron chi connectivity index (χ1n) is 11.7. The van der Waals surface area contributed by atoms with Crippen molar-refractivity contribution in [3.63, 3.8) is 0 Å². The van der Waals surface area contributed by atoms with Gasteiger partial charge >= 0.3 is 0 Å². The van der Waals surface area contributed by atoms with E-state index in [9.17, 15) is 9.18 Å². The van der Waals surface area contributed by atoms with Crippen molar-refractivity contribution in [2.24, 2.45) is 5.92 Å². The van der Waals surface area contributed by atoms with Crippen LogP contribution in [0.4, 0.5) is 4.39 Å². The highest BCUT2D eigenvalue weighted by atomic mass is 19.1. The Morgan fingerprint density at radius 3 is 2.94 bits per heavy atom. The Balaban J connectivity index is 1.17. The molecule has 1 amide bonds. The number of amides is 1. The van der Waals surface area contributed by atoms with Gasteiger partial charge < -0.3 is 15.0 Å². The number of nitrogens with one attached hydrogen (secondary N) is 2. The molecule has 32 heavy (non-hydrogen) atoms. The fourth-order valence-electron chi connectivity index (χ4n) is 5.31. The van der Waals surface area contributed by atoms with Crippen LogP contribution in [0, 0.1) is 11.7 Å². The van der Waals surface area contributed by atoms with Crippen molar-refractivity contribution in [2.75, 3.05) is 19.7 Å². The molecule has 1 saturated carbocycles. The van der Waals surface area contributed by atoms with Crippen LogP contribution in [0.15, 0.2) is 36.5 Å². The molecule has 0 radical (unpaired) electrons. The summed E-state index contributed by atoms with van der Waals surface area (Å²) in [5.74, 6) is 1.56. The number of aryl methyl sites for hydroxylation is 1.